The number of hydrogen-bond donors (Lipinski definition) is 2. The van der Waals surface area contributed by atoms with E-state index in [9.17, 15) is 19.1 Å². The van der Waals surface area contributed by atoms with Crippen LogP contribution in [0.2, 0.25) is 0 Å². The van der Waals surface area contributed by atoms with Gasteiger partial charge in [-0.25, -0.2) is 14.0 Å². The molecule has 1 heterocycles. The molecule has 1 unspecified atom stereocenters. The molecule has 7 nitrogen and oxygen atoms in total. The van der Waals surface area contributed by atoms with Crippen molar-refractivity contribution in [2.45, 2.75) is 19.4 Å². The number of amides is 1. The number of furan rings is 1. The second kappa shape index (κ2) is 7.69. The summed E-state index contributed by atoms with van der Waals surface area (Å²) in [5.74, 6) is -1.07. The smallest absolute Gasteiger partial charge is 0.412 e. The molecule has 0 fully saturated rings. The summed E-state index contributed by atoms with van der Waals surface area (Å²) < 4.78 is 29.0. The number of hydrogen-bond acceptors (Lipinski definition) is 6. The van der Waals surface area contributed by atoms with E-state index in [0.717, 1.165) is 0 Å². The number of halogens is 1. The molecular weight excluding hydrogens is 369 g/mol. The number of carbonyl (C=O) groups excluding carboxylic acids is 2. The van der Waals surface area contributed by atoms with Gasteiger partial charge in [-0.05, 0) is 42.8 Å². The summed E-state index contributed by atoms with van der Waals surface area (Å²) in [5, 5.41) is 10.5. The van der Waals surface area contributed by atoms with Crippen molar-refractivity contribution in [3.63, 3.8) is 0 Å². The highest BCUT2D eigenvalue weighted by molar-refractivity contribution is 6.11. The van der Waals surface area contributed by atoms with Gasteiger partial charge in [0, 0.05) is 16.5 Å². The number of aliphatic hydroxyl groups is 1. The van der Waals surface area contributed by atoms with Crippen molar-refractivity contribution in [2.75, 3.05) is 7.11 Å². The molecular formula is C20H18FNO6. The van der Waals surface area contributed by atoms with Crippen LogP contribution in [0, 0.1) is 5.82 Å². The summed E-state index contributed by atoms with van der Waals surface area (Å²) in [7, 11) is 1.43. The van der Waals surface area contributed by atoms with Gasteiger partial charge in [0.25, 0.3) is 0 Å². The minimum absolute atomic E-state index is 0.0590. The average molecular weight is 387 g/mol. The van der Waals surface area contributed by atoms with E-state index >= 15 is 0 Å². The molecule has 1 amide bonds. The number of fused-ring (bicyclic) bond motifs is 1. The van der Waals surface area contributed by atoms with Crippen LogP contribution in [0.15, 0.2) is 40.8 Å². The molecule has 8 heteroatoms. The van der Waals surface area contributed by atoms with Gasteiger partial charge in [0.05, 0.1) is 13.2 Å². The Morgan fingerprint density at radius 1 is 1.25 bits per heavy atom. The van der Waals surface area contributed by atoms with Crippen molar-refractivity contribution >= 4 is 23.0 Å². The van der Waals surface area contributed by atoms with Gasteiger partial charge in [0.2, 0.25) is 0 Å². The molecule has 0 aliphatic carbocycles. The van der Waals surface area contributed by atoms with E-state index < -0.39 is 24.0 Å². The molecule has 3 aromatic rings. The average Bonchev–Trinajstić information content (AvgIpc) is 3.04. The van der Waals surface area contributed by atoms with Gasteiger partial charge in [-0.15, -0.1) is 0 Å². The molecule has 28 heavy (non-hydrogen) atoms. The Bertz CT molecular complexity index is 1040. The van der Waals surface area contributed by atoms with E-state index in [4.69, 9.17) is 14.9 Å². The minimum Gasteiger partial charge on any atom is -0.496 e. The van der Waals surface area contributed by atoms with Gasteiger partial charge in [-0.2, -0.15) is 0 Å². The van der Waals surface area contributed by atoms with Crippen LogP contribution in [-0.4, -0.2) is 24.3 Å². The maximum absolute atomic E-state index is 13.3. The van der Waals surface area contributed by atoms with Gasteiger partial charge in [0.15, 0.2) is 0 Å². The number of primary amides is 1. The summed E-state index contributed by atoms with van der Waals surface area (Å²) >= 11 is 0. The van der Waals surface area contributed by atoms with Gasteiger partial charge in [-0.1, -0.05) is 6.92 Å². The van der Waals surface area contributed by atoms with E-state index in [-0.39, 0.29) is 16.9 Å². The number of ether oxygens (including phenoxy) is 2. The third kappa shape index (κ3) is 3.54. The SMILES string of the molecule is CCC(O)c1cc2oc(-c3ccc(F)cc3)c(C(=O)OC(N)=O)c2cc1OC. The summed E-state index contributed by atoms with van der Waals surface area (Å²) in [6.45, 7) is 1.80. The van der Waals surface area contributed by atoms with Crippen LogP contribution < -0.4 is 10.5 Å². The zero-order valence-electron chi connectivity index (χ0n) is 15.2. The van der Waals surface area contributed by atoms with Gasteiger partial charge in [0.1, 0.15) is 28.5 Å². The van der Waals surface area contributed by atoms with Crippen LogP contribution >= 0.6 is 0 Å². The van der Waals surface area contributed by atoms with Crippen LogP contribution in [0.25, 0.3) is 22.3 Å². The van der Waals surface area contributed by atoms with E-state index in [0.29, 0.717) is 28.7 Å². The Hall–Kier alpha value is -3.39. The van der Waals surface area contributed by atoms with Gasteiger partial charge < -0.3 is 24.7 Å². The Morgan fingerprint density at radius 3 is 2.50 bits per heavy atom. The second-order valence-corrected chi connectivity index (χ2v) is 6.04. The third-order valence-corrected chi connectivity index (χ3v) is 4.29. The first-order valence-corrected chi connectivity index (χ1v) is 8.45. The Balaban J connectivity index is 2.29. The molecule has 3 N–H and O–H groups in total. The molecule has 0 saturated heterocycles. The summed E-state index contributed by atoms with van der Waals surface area (Å²) in [6, 6.07) is 8.32. The Labute approximate surface area is 159 Å². The molecule has 0 aliphatic heterocycles. The highest BCUT2D eigenvalue weighted by Gasteiger charge is 2.27. The lowest BCUT2D eigenvalue weighted by molar-refractivity contribution is 0.0640. The van der Waals surface area contributed by atoms with Crippen LogP contribution in [-0.2, 0) is 4.74 Å². The zero-order valence-corrected chi connectivity index (χ0v) is 15.2. The number of methoxy groups -OCH3 is 1. The fourth-order valence-corrected chi connectivity index (χ4v) is 2.95. The molecule has 0 bridgehead atoms. The molecule has 0 saturated carbocycles. The lowest BCUT2D eigenvalue weighted by Gasteiger charge is -2.13. The number of rotatable bonds is 5. The first-order valence-electron chi connectivity index (χ1n) is 8.45. The number of benzene rings is 2. The van der Waals surface area contributed by atoms with Crippen LogP contribution in [0.4, 0.5) is 9.18 Å². The standard InChI is InChI=1S/C20H18FNO6/c1-3-14(23)12-8-16-13(9-15(12)26-2)17(19(24)28-20(22)25)18(27-16)10-4-6-11(21)7-5-10/h4-9,14,23H,3H2,1-2H3,(H2,22,25). The molecule has 1 atom stereocenters. The number of carbonyl (C=O) groups is 2. The van der Waals surface area contributed by atoms with Crippen molar-refractivity contribution in [1.82, 2.24) is 0 Å². The molecule has 2 aromatic carbocycles. The molecule has 0 spiro atoms. The molecule has 0 radical (unpaired) electrons. The molecule has 0 aliphatic rings. The largest absolute Gasteiger partial charge is 0.496 e. The fourth-order valence-electron chi connectivity index (χ4n) is 2.95. The van der Waals surface area contributed by atoms with Gasteiger partial charge >= 0.3 is 12.1 Å². The summed E-state index contributed by atoms with van der Waals surface area (Å²) in [4.78, 5) is 23.6. The molecule has 3 rings (SSSR count). The second-order valence-electron chi connectivity index (χ2n) is 6.04. The van der Waals surface area contributed by atoms with E-state index in [1.54, 1.807) is 13.0 Å². The summed E-state index contributed by atoms with van der Waals surface area (Å²) in [5.41, 5.74) is 6.05. The maximum Gasteiger partial charge on any atom is 0.412 e. The van der Waals surface area contributed by atoms with Crippen LogP contribution in [0.3, 0.4) is 0 Å². The van der Waals surface area contributed by atoms with Crippen molar-refractivity contribution in [3.8, 4) is 17.1 Å². The predicted octanol–water partition coefficient (Wildman–Crippen LogP) is 3.93. The first kappa shape index (κ1) is 19.4. The monoisotopic (exact) mass is 387 g/mol. The van der Waals surface area contributed by atoms with Crippen molar-refractivity contribution < 1.29 is 33.0 Å². The lowest BCUT2D eigenvalue weighted by Crippen LogP contribution is -2.18. The predicted molar refractivity (Wildman–Crippen MR) is 98.4 cm³/mol. The maximum atomic E-state index is 13.3. The van der Waals surface area contributed by atoms with E-state index in [2.05, 4.69) is 4.74 Å². The van der Waals surface area contributed by atoms with E-state index in [1.165, 1.54) is 37.4 Å². The molecule has 146 valence electrons. The zero-order chi connectivity index (χ0) is 20.4. The van der Waals surface area contributed by atoms with Gasteiger partial charge in [-0.3, -0.25) is 0 Å². The lowest BCUT2D eigenvalue weighted by atomic mass is 10.0. The Kier molecular flexibility index (Phi) is 5.32. The minimum atomic E-state index is -1.27. The fraction of sp³-hybridized carbons (Fsp3) is 0.200. The van der Waals surface area contributed by atoms with Crippen molar-refractivity contribution in [1.29, 1.82) is 0 Å². The number of nitrogens with two attached hydrogens (primary N) is 1. The Morgan fingerprint density at radius 2 is 1.93 bits per heavy atom. The quantitative estimate of drug-likeness (QED) is 0.507. The summed E-state index contributed by atoms with van der Waals surface area (Å²) in [6.07, 6.45) is -1.64. The van der Waals surface area contributed by atoms with Crippen molar-refractivity contribution in [2.24, 2.45) is 5.73 Å². The topological polar surface area (TPSA) is 112 Å². The van der Waals surface area contributed by atoms with Crippen LogP contribution in [0.1, 0.15) is 35.4 Å². The molecule has 1 aromatic heterocycles. The van der Waals surface area contributed by atoms with Crippen LogP contribution in [0.5, 0.6) is 5.75 Å². The highest BCUT2D eigenvalue weighted by atomic mass is 19.1. The van der Waals surface area contributed by atoms with Crippen molar-refractivity contribution in [3.05, 3.63) is 53.3 Å². The number of esters is 1. The number of aliphatic hydroxyl groups excluding tert-OH is 1. The first-order chi connectivity index (χ1) is 13.3. The third-order valence-electron chi connectivity index (χ3n) is 4.29. The van der Waals surface area contributed by atoms with E-state index in [1.807, 2.05) is 0 Å². The normalized spacial score (nSPS) is 12.0. The highest BCUT2D eigenvalue weighted by Crippen LogP contribution is 2.39.